The fourth-order valence-electron chi connectivity index (χ4n) is 2.01. The van der Waals surface area contributed by atoms with Crippen molar-refractivity contribution in [2.24, 2.45) is 0 Å². The molecule has 0 N–H and O–H groups in total. The Morgan fingerprint density at radius 2 is 1.86 bits per heavy atom. The minimum absolute atomic E-state index is 0.0993. The number of para-hydroxylation sites is 1. The summed E-state index contributed by atoms with van der Waals surface area (Å²) in [5.41, 5.74) is 3.19. The number of hydrogen-bond donors (Lipinski definition) is 0. The summed E-state index contributed by atoms with van der Waals surface area (Å²) in [7, 11) is 0. The summed E-state index contributed by atoms with van der Waals surface area (Å²) >= 11 is 1.57. The van der Waals surface area contributed by atoms with Crippen LogP contribution in [-0.2, 0) is 0 Å². The molecule has 0 heterocycles. The molecule has 0 saturated heterocycles. The zero-order valence-corrected chi connectivity index (χ0v) is 13.5. The van der Waals surface area contributed by atoms with Crippen molar-refractivity contribution in [1.29, 1.82) is 0 Å². The number of carbonyl (C=O) groups is 1. The first-order valence-electron chi connectivity index (χ1n) is 7.07. The van der Waals surface area contributed by atoms with Gasteiger partial charge in [0.15, 0.2) is 5.78 Å². The molecule has 2 rings (SSSR count). The summed E-state index contributed by atoms with van der Waals surface area (Å²) in [6, 6.07) is 13.7. The van der Waals surface area contributed by atoms with Gasteiger partial charge < -0.3 is 4.74 Å². The Bertz CT molecular complexity index is 635. The molecule has 0 bridgehead atoms. The molecule has 0 atom stereocenters. The molecule has 0 spiro atoms. The maximum Gasteiger partial charge on any atom is 0.176 e. The lowest BCUT2D eigenvalue weighted by molar-refractivity contribution is 0.101. The van der Waals surface area contributed by atoms with E-state index in [0.717, 1.165) is 4.90 Å². The van der Waals surface area contributed by atoms with Gasteiger partial charge in [0, 0.05) is 4.90 Å². The van der Waals surface area contributed by atoms with Crippen LogP contribution in [0.3, 0.4) is 0 Å². The van der Waals surface area contributed by atoms with Gasteiger partial charge in [-0.2, -0.15) is 0 Å². The number of benzene rings is 2. The van der Waals surface area contributed by atoms with Crippen LogP contribution >= 0.6 is 11.8 Å². The molecule has 2 aromatic rings. The number of rotatable bonds is 6. The lowest BCUT2D eigenvalue weighted by Crippen LogP contribution is -2.06. The molecule has 0 aromatic heterocycles. The highest BCUT2D eigenvalue weighted by molar-refractivity contribution is 8.00. The SMILES string of the molecule is CCOc1ccccc1C(=O)CSc1ccc(C)c(C)c1. The maximum atomic E-state index is 12.4. The number of ketones is 1. The Hall–Kier alpha value is -1.74. The number of carbonyl (C=O) groups excluding carboxylic acids is 1. The first-order valence-corrected chi connectivity index (χ1v) is 8.05. The molecule has 21 heavy (non-hydrogen) atoms. The van der Waals surface area contributed by atoms with Crippen molar-refractivity contribution in [3.63, 3.8) is 0 Å². The van der Waals surface area contributed by atoms with Gasteiger partial charge in [-0.3, -0.25) is 4.79 Å². The van der Waals surface area contributed by atoms with Gasteiger partial charge in [-0.15, -0.1) is 11.8 Å². The van der Waals surface area contributed by atoms with E-state index in [-0.39, 0.29) is 5.78 Å². The highest BCUT2D eigenvalue weighted by atomic mass is 32.2. The predicted octanol–water partition coefficient (Wildman–Crippen LogP) is 4.68. The van der Waals surface area contributed by atoms with Gasteiger partial charge >= 0.3 is 0 Å². The Balaban J connectivity index is 2.06. The Labute approximate surface area is 130 Å². The van der Waals surface area contributed by atoms with Crippen molar-refractivity contribution < 1.29 is 9.53 Å². The summed E-state index contributed by atoms with van der Waals surface area (Å²) in [4.78, 5) is 13.5. The van der Waals surface area contributed by atoms with Crippen molar-refractivity contribution >= 4 is 17.5 Å². The molecule has 2 aromatic carbocycles. The van der Waals surface area contributed by atoms with E-state index in [9.17, 15) is 4.79 Å². The van der Waals surface area contributed by atoms with Gasteiger partial charge in [0.2, 0.25) is 0 Å². The van der Waals surface area contributed by atoms with Gasteiger partial charge in [-0.05, 0) is 56.2 Å². The average Bonchev–Trinajstić information content (AvgIpc) is 2.49. The van der Waals surface area contributed by atoms with Crippen LogP contribution in [-0.4, -0.2) is 18.1 Å². The molecule has 2 nitrogen and oxygen atoms in total. The average molecular weight is 300 g/mol. The quantitative estimate of drug-likeness (QED) is 0.572. The summed E-state index contributed by atoms with van der Waals surface area (Å²) in [5.74, 6) is 1.19. The fraction of sp³-hybridized carbons (Fsp3) is 0.278. The van der Waals surface area contributed by atoms with Crippen molar-refractivity contribution in [1.82, 2.24) is 0 Å². The number of Topliss-reactive ketones (excluding diaryl/α,β-unsaturated/α-hetero) is 1. The van der Waals surface area contributed by atoms with E-state index in [0.29, 0.717) is 23.7 Å². The van der Waals surface area contributed by atoms with Crippen molar-refractivity contribution in [3.8, 4) is 5.75 Å². The Kier molecular flexibility index (Phi) is 5.45. The van der Waals surface area contributed by atoms with E-state index in [4.69, 9.17) is 4.74 Å². The second kappa shape index (κ2) is 7.32. The van der Waals surface area contributed by atoms with Crippen LogP contribution in [0.1, 0.15) is 28.4 Å². The summed E-state index contributed by atoms with van der Waals surface area (Å²) < 4.78 is 5.51. The molecule has 3 heteroatoms. The molecule has 0 amide bonds. The van der Waals surface area contributed by atoms with Crippen LogP contribution < -0.4 is 4.74 Å². The number of aryl methyl sites for hydroxylation is 2. The second-order valence-electron chi connectivity index (χ2n) is 4.89. The van der Waals surface area contributed by atoms with Crippen LogP contribution in [0.25, 0.3) is 0 Å². The van der Waals surface area contributed by atoms with Crippen molar-refractivity contribution in [2.45, 2.75) is 25.7 Å². The van der Waals surface area contributed by atoms with Crippen molar-refractivity contribution in [3.05, 3.63) is 59.2 Å². The third kappa shape index (κ3) is 4.11. The molecule has 0 radical (unpaired) electrons. The smallest absolute Gasteiger partial charge is 0.176 e. The fourth-order valence-corrected chi connectivity index (χ4v) is 2.89. The van der Waals surface area contributed by atoms with Crippen LogP contribution in [0.5, 0.6) is 5.75 Å². The largest absolute Gasteiger partial charge is 0.493 e. The topological polar surface area (TPSA) is 26.3 Å². The Morgan fingerprint density at radius 1 is 1.10 bits per heavy atom. The van der Waals surface area contributed by atoms with E-state index in [2.05, 4.69) is 32.0 Å². The molecule has 0 aliphatic carbocycles. The van der Waals surface area contributed by atoms with Gasteiger partial charge in [-0.1, -0.05) is 18.2 Å². The van der Waals surface area contributed by atoms with Gasteiger partial charge in [0.1, 0.15) is 5.75 Å². The third-order valence-electron chi connectivity index (χ3n) is 3.34. The second-order valence-corrected chi connectivity index (χ2v) is 5.94. The predicted molar refractivity (Wildman–Crippen MR) is 88.6 cm³/mol. The third-order valence-corrected chi connectivity index (χ3v) is 4.33. The minimum Gasteiger partial charge on any atom is -0.493 e. The molecule has 0 saturated carbocycles. The molecule has 0 aliphatic rings. The monoisotopic (exact) mass is 300 g/mol. The molecule has 0 aliphatic heterocycles. The van der Waals surface area contributed by atoms with E-state index in [1.54, 1.807) is 11.8 Å². The lowest BCUT2D eigenvalue weighted by Gasteiger charge is -2.09. The van der Waals surface area contributed by atoms with Crippen LogP contribution in [0.15, 0.2) is 47.4 Å². The zero-order valence-electron chi connectivity index (χ0n) is 12.7. The first kappa shape index (κ1) is 15.6. The summed E-state index contributed by atoms with van der Waals surface area (Å²) in [6.07, 6.45) is 0. The van der Waals surface area contributed by atoms with Crippen LogP contribution in [0.4, 0.5) is 0 Å². The van der Waals surface area contributed by atoms with Crippen LogP contribution in [0, 0.1) is 13.8 Å². The standard InChI is InChI=1S/C18H20O2S/c1-4-20-18-8-6-5-7-16(18)17(19)12-21-15-10-9-13(2)14(3)11-15/h5-11H,4,12H2,1-3H3. The van der Waals surface area contributed by atoms with Gasteiger partial charge in [-0.25, -0.2) is 0 Å². The van der Waals surface area contributed by atoms with E-state index in [1.165, 1.54) is 11.1 Å². The molecule has 0 fully saturated rings. The first-order chi connectivity index (χ1) is 10.1. The van der Waals surface area contributed by atoms with E-state index >= 15 is 0 Å². The maximum absolute atomic E-state index is 12.4. The molecule has 110 valence electrons. The highest BCUT2D eigenvalue weighted by Gasteiger charge is 2.12. The molecule has 0 unspecified atom stereocenters. The number of thioether (sulfide) groups is 1. The number of ether oxygens (including phenoxy) is 1. The summed E-state index contributed by atoms with van der Waals surface area (Å²) in [6.45, 7) is 6.67. The zero-order chi connectivity index (χ0) is 15.2. The normalized spacial score (nSPS) is 10.4. The molecular formula is C18H20O2S. The van der Waals surface area contributed by atoms with E-state index < -0.39 is 0 Å². The lowest BCUT2D eigenvalue weighted by atomic mass is 10.1. The van der Waals surface area contributed by atoms with Crippen LogP contribution in [0.2, 0.25) is 0 Å². The number of hydrogen-bond acceptors (Lipinski definition) is 3. The summed E-state index contributed by atoms with van der Waals surface area (Å²) in [5, 5.41) is 0. The minimum atomic E-state index is 0.0993. The van der Waals surface area contributed by atoms with Crippen molar-refractivity contribution in [2.75, 3.05) is 12.4 Å². The highest BCUT2D eigenvalue weighted by Crippen LogP contribution is 2.25. The van der Waals surface area contributed by atoms with Gasteiger partial charge in [0.25, 0.3) is 0 Å². The van der Waals surface area contributed by atoms with Gasteiger partial charge in [0.05, 0.1) is 17.9 Å². The van der Waals surface area contributed by atoms with E-state index in [1.807, 2.05) is 31.2 Å². The Morgan fingerprint density at radius 3 is 2.57 bits per heavy atom. The molecular weight excluding hydrogens is 280 g/mol.